The van der Waals surface area contributed by atoms with Crippen LogP contribution in [0.3, 0.4) is 0 Å². The van der Waals surface area contributed by atoms with Gasteiger partial charge in [-0.1, -0.05) is 24.3 Å². The second kappa shape index (κ2) is 7.71. The molecule has 2 aliphatic rings. The molecule has 1 aliphatic heterocycles. The van der Waals surface area contributed by atoms with E-state index in [0.29, 0.717) is 0 Å². The Morgan fingerprint density at radius 3 is 2.37 bits per heavy atom. The number of fused-ring (bicyclic) bond motifs is 1. The molecule has 1 aromatic heterocycles. The van der Waals surface area contributed by atoms with Gasteiger partial charge >= 0.3 is 0 Å². The lowest BCUT2D eigenvalue weighted by Crippen LogP contribution is -2.28. The van der Waals surface area contributed by atoms with E-state index < -0.39 is 0 Å². The van der Waals surface area contributed by atoms with Crippen molar-refractivity contribution < 1.29 is 9.47 Å². The summed E-state index contributed by atoms with van der Waals surface area (Å²) < 4.78 is 12.6. The Bertz CT molecular complexity index is 1110. The third kappa shape index (κ3) is 3.24. The standard InChI is InChI=1S/C24H24N4O2/c1-29-19-10-6-16(7-11-19)14-18-4-3-5-21-22(18)27-24-25-15-26-28(24)23(21)17-8-12-20(30-2)13-9-17/h6-15,23H,3-5H2,1-2H3,(H,25,26,27)/b18-14+. The highest BCUT2D eigenvalue weighted by atomic mass is 16.5. The Kier molecular flexibility index (Phi) is 4.75. The predicted octanol–water partition coefficient (Wildman–Crippen LogP) is 4.83. The molecule has 30 heavy (non-hydrogen) atoms. The van der Waals surface area contributed by atoms with Gasteiger partial charge in [0.1, 0.15) is 23.9 Å². The van der Waals surface area contributed by atoms with Crippen LogP contribution in [0.2, 0.25) is 0 Å². The van der Waals surface area contributed by atoms with Gasteiger partial charge in [0.05, 0.1) is 14.2 Å². The van der Waals surface area contributed by atoms with Crippen molar-refractivity contribution in [3.8, 4) is 11.5 Å². The Morgan fingerprint density at radius 1 is 0.967 bits per heavy atom. The number of anilines is 1. The molecule has 1 aliphatic carbocycles. The summed E-state index contributed by atoms with van der Waals surface area (Å²) >= 11 is 0. The van der Waals surface area contributed by atoms with E-state index in [-0.39, 0.29) is 6.04 Å². The van der Waals surface area contributed by atoms with Gasteiger partial charge in [-0.3, -0.25) is 0 Å². The van der Waals surface area contributed by atoms with Crippen molar-refractivity contribution in [3.05, 3.63) is 82.8 Å². The van der Waals surface area contributed by atoms with Crippen LogP contribution in [0.4, 0.5) is 5.95 Å². The predicted molar refractivity (Wildman–Crippen MR) is 117 cm³/mol. The molecule has 3 aromatic rings. The topological polar surface area (TPSA) is 61.2 Å². The largest absolute Gasteiger partial charge is 0.497 e. The monoisotopic (exact) mass is 400 g/mol. The molecule has 1 atom stereocenters. The van der Waals surface area contributed by atoms with Crippen LogP contribution in [-0.4, -0.2) is 29.0 Å². The van der Waals surface area contributed by atoms with Crippen molar-refractivity contribution >= 4 is 12.0 Å². The molecule has 0 bridgehead atoms. The summed E-state index contributed by atoms with van der Waals surface area (Å²) in [5, 5.41) is 8.07. The van der Waals surface area contributed by atoms with Crippen molar-refractivity contribution in [2.45, 2.75) is 25.3 Å². The Balaban J connectivity index is 1.58. The minimum Gasteiger partial charge on any atom is -0.497 e. The molecular weight excluding hydrogens is 376 g/mol. The molecule has 2 heterocycles. The van der Waals surface area contributed by atoms with Gasteiger partial charge in [0, 0.05) is 5.70 Å². The zero-order valence-electron chi connectivity index (χ0n) is 17.1. The van der Waals surface area contributed by atoms with Crippen LogP contribution in [0.25, 0.3) is 6.08 Å². The first-order valence-electron chi connectivity index (χ1n) is 10.2. The van der Waals surface area contributed by atoms with Gasteiger partial charge in [-0.25, -0.2) is 4.68 Å². The van der Waals surface area contributed by atoms with Gasteiger partial charge in [-0.05, 0) is 71.9 Å². The smallest absolute Gasteiger partial charge is 0.226 e. The maximum absolute atomic E-state index is 5.34. The highest BCUT2D eigenvalue weighted by Crippen LogP contribution is 2.43. The van der Waals surface area contributed by atoms with Gasteiger partial charge in [0.2, 0.25) is 5.95 Å². The number of nitrogens with zero attached hydrogens (tertiary/aromatic N) is 3. The average molecular weight is 400 g/mol. The number of benzene rings is 2. The van der Waals surface area contributed by atoms with Crippen molar-refractivity contribution in [3.63, 3.8) is 0 Å². The minimum atomic E-state index is 0.0317. The zero-order chi connectivity index (χ0) is 20.5. The summed E-state index contributed by atoms with van der Waals surface area (Å²) in [6.07, 6.45) is 7.04. The fraction of sp³-hybridized carbons (Fsp3) is 0.250. The van der Waals surface area contributed by atoms with Gasteiger partial charge in [0.25, 0.3) is 0 Å². The van der Waals surface area contributed by atoms with E-state index in [1.54, 1.807) is 20.5 Å². The van der Waals surface area contributed by atoms with Crippen LogP contribution in [0, 0.1) is 0 Å². The molecule has 6 nitrogen and oxygen atoms in total. The molecule has 0 radical (unpaired) electrons. The molecule has 0 fully saturated rings. The van der Waals surface area contributed by atoms with Crippen molar-refractivity contribution in [1.82, 2.24) is 14.8 Å². The normalized spacial score (nSPS) is 19.1. The highest BCUT2D eigenvalue weighted by Gasteiger charge is 2.33. The zero-order valence-corrected chi connectivity index (χ0v) is 17.1. The lowest BCUT2D eigenvalue weighted by atomic mass is 9.83. The molecule has 2 aromatic carbocycles. The molecular formula is C24H24N4O2. The van der Waals surface area contributed by atoms with Crippen molar-refractivity contribution in [2.24, 2.45) is 0 Å². The molecule has 0 saturated heterocycles. The third-order valence-electron chi connectivity index (χ3n) is 5.81. The second-order valence-corrected chi connectivity index (χ2v) is 7.53. The number of nitrogens with one attached hydrogen (secondary N) is 1. The van der Waals surface area contributed by atoms with E-state index >= 15 is 0 Å². The van der Waals surface area contributed by atoms with E-state index in [9.17, 15) is 0 Å². The summed E-state index contributed by atoms with van der Waals surface area (Å²) in [7, 11) is 3.38. The summed E-state index contributed by atoms with van der Waals surface area (Å²) in [6.45, 7) is 0. The fourth-order valence-corrected chi connectivity index (χ4v) is 4.32. The van der Waals surface area contributed by atoms with E-state index in [0.717, 1.165) is 42.3 Å². The van der Waals surface area contributed by atoms with Gasteiger partial charge in [-0.2, -0.15) is 10.1 Å². The van der Waals surface area contributed by atoms with Crippen LogP contribution in [0.5, 0.6) is 11.5 Å². The van der Waals surface area contributed by atoms with Gasteiger partial charge in [-0.15, -0.1) is 0 Å². The Labute approximate surface area is 175 Å². The number of allylic oxidation sites excluding steroid dienone is 2. The summed E-state index contributed by atoms with van der Waals surface area (Å²) in [6, 6.07) is 16.4. The average Bonchev–Trinajstić information content (AvgIpc) is 3.27. The van der Waals surface area contributed by atoms with Gasteiger partial charge in [0.15, 0.2) is 0 Å². The SMILES string of the molecule is COc1ccc(/C=C2\CCCC3=C2Nc2ncnn2C3c2ccc(OC)cc2)cc1. The highest BCUT2D eigenvalue weighted by molar-refractivity contribution is 5.66. The molecule has 0 amide bonds. The number of rotatable bonds is 4. The Morgan fingerprint density at radius 2 is 1.67 bits per heavy atom. The molecule has 5 rings (SSSR count). The van der Waals surface area contributed by atoms with Crippen LogP contribution in [0.1, 0.15) is 36.4 Å². The maximum Gasteiger partial charge on any atom is 0.226 e. The van der Waals surface area contributed by atoms with E-state index in [2.05, 4.69) is 45.7 Å². The van der Waals surface area contributed by atoms with Crippen LogP contribution >= 0.6 is 0 Å². The molecule has 1 N–H and O–H groups in total. The third-order valence-corrected chi connectivity index (χ3v) is 5.81. The van der Waals surface area contributed by atoms with E-state index in [1.165, 1.54) is 22.4 Å². The fourth-order valence-electron chi connectivity index (χ4n) is 4.32. The van der Waals surface area contributed by atoms with Crippen LogP contribution in [0.15, 0.2) is 71.7 Å². The van der Waals surface area contributed by atoms with E-state index in [1.807, 2.05) is 28.9 Å². The van der Waals surface area contributed by atoms with Crippen molar-refractivity contribution in [2.75, 3.05) is 19.5 Å². The summed E-state index contributed by atoms with van der Waals surface area (Å²) in [4.78, 5) is 4.46. The number of aromatic nitrogens is 3. The molecule has 152 valence electrons. The number of hydrogen-bond donors (Lipinski definition) is 1. The molecule has 1 unspecified atom stereocenters. The number of methoxy groups -OCH3 is 2. The molecule has 6 heteroatoms. The minimum absolute atomic E-state index is 0.0317. The van der Waals surface area contributed by atoms with Gasteiger partial charge < -0.3 is 14.8 Å². The molecule has 0 spiro atoms. The van der Waals surface area contributed by atoms with Crippen LogP contribution < -0.4 is 14.8 Å². The van der Waals surface area contributed by atoms with Crippen LogP contribution in [-0.2, 0) is 0 Å². The number of ether oxygens (including phenoxy) is 2. The first kappa shape index (κ1) is 18.5. The van der Waals surface area contributed by atoms with E-state index in [4.69, 9.17) is 9.47 Å². The summed E-state index contributed by atoms with van der Waals surface area (Å²) in [5.74, 6) is 2.49. The first-order valence-corrected chi connectivity index (χ1v) is 10.2. The quantitative estimate of drug-likeness (QED) is 0.680. The first-order chi connectivity index (χ1) is 14.8. The molecule has 0 saturated carbocycles. The lowest BCUT2D eigenvalue weighted by Gasteiger charge is -2.34. The van der Waals surface area contributed by atoms with Crippen molar-refractivity contribution in [1.29, 1.82) is 0 Å². The maximum atomic E-state index is 5.34. The second-order valence-electron chi connectivity index (χ2n) is 7.53. The number of hydrogen-bond acceptors (Lipinski definition) is 5. The summed E-state index contributed by atoms with van der Waals surface area (Å²) in [5.41, 5.74) is 6.17. The lowest BCUT2D eigenvalue weighted by molar-refractivity contribution is 0.414. The Hall–Kier alpha value is -3.54.